The predicted molar refractivity (Wildman–Crippen MR) is 54.3 cm³/mol. The first-order valence-corrected chi connectivity index (χ1v) is 5.51. The van der Waals surface area contributed by atoms with Gasteiger partial charge in [0.25, 0.3) is 0 Å². The van der Waals surface area contributed by atoms with Crippen molar-refractivity contribution in [2.45, 2.75) is 52.5 Å². The van der Waals surface area contributed by atoms with Crippen LogP contribution in [0.4, 0.5) is 0 Å². The maximum atomic E-state index is 3.66. The average molecular weight is 169 g/mol. The molecule has 0 aromatic carbocycles. The zero-order chi connectivity index (χ0) is 8.97. The van der Waals surface area contributed by atoms with Crippen molar-refractivity contribution in [1.82, 2.24) is 5.32 Å². The van der Waals surface area contributed by atoms with Gasteiger partial charge in [0.2, 0.25) is 0 Å². The summed E-state index contributed by atoms with van der Waals surface area (Å²) in [6.45, 7) is 8.17. The Balaban J connectivity index is 2.02. The monoisotopic (exact) mass is 169 g/mol. The molecule has 3 unspecified atom stereocenters. The first-order chi connectivity index (χ1) is 5.77. The molecule has 0 radical (unpaired) electrons. The van der Waals surface area contributed by atoms with Crippen molar-refractivity contribution in [1.29, 1.82) is 0 Å². The minimum Gasteiger partial charge on any atom is -0.314 e. The van der Waals surface area contributed by atoms with Gasteiger partial charge < -0.3 is 5.32 Å². The summed E-state index contributed by atoms with van der Waals surface area (Å²) in [6.07, 6.45) is 5.40. The number of hydrogen-bond donors (Lipinski definition) is 1. The Labute approximate surface area is 76.9 Å². The molecule has 3 atom stereocenters. The SMILES string of the molecule is CCCC(CC)NCC1CC1C. The first-order valence-electron chi connectivity index (χ1n) is 5.51. The van der Waals surface area contributed by atoms with E-state index in [-0.39, 0.29) is 0 Å². The molecule has 0 heterocycles. The van der Waals surface area contributed by atoms with E-state index >= 15 is 0 Å². The summed E-state index contributed by atoms with van der Waals surface area (Å²) in [5, 5.41) is 3.66. The summed E-state index contributed by atoms with van der Waals surface area (Å²) in [6, 6.07) is 0.780. The molecule has 12 heavy (non-hydrogen) atoms. The minimum absolute atomic E-state index is 0.780. The summed E-state index contributed by atoms with van der Waals surface area (Å²) in [7, 11) is 0. The number of nitrogens with one attached hydrogen (secondary N) is 1. The van der Waals surface area contributed by atoms with Gasteiger partial charge in [0, 0.05) is 6.04 Å². The second kappa shape index (κ2) is 4.86. The van der Waals surface area contributed by atoms with E-state index in [1.165, 1.54) is 32.2 Å². The fourth-order valence-electron chi connectivity index (χ4n) is 1.80. The van der Waals surface area contributed by atoms with Gasteiger partial charge in [0.05, 0.1) is 0 Å². The summed E-state index contributed by atoms with van der Waals surface area (Å²) in [4.78, 5) is 0. The molecule has 0 amide bonds. The molecule has 1 N–H and O–H groups in total. The maximum Gasteiger partial charge on any atom is 0.00644 e. The van der Waals surface area contributed by atoms with E-state index in [0.717, 1.165) is 17.9 Å². The molecule has 1 rings (SSSR count). The van der Waals surface area contributed by atoms with E-state index in [0.29, 0.717) is 0 Å². The third kappa shape index (κ3) is 3.14. The van der Waals surface area contributed by atoms with Gasteiger partial charge in [0.15, 0.2) is 0 Å². The van der Waals surface area contributed by atoms with E-state index in [4.69, 9.17) is 0 Å². The Morgan fingerprint density at radius 2 is 2.08 bits per heavy atom. The molecule has 1 aliphatic carbocycles. The van der Waals surface area contributed by atoms with Gasteiger partial charge in [-0.15, -0.1) is 0 Å². The summed E-state index contributed by atoms with van der Waals surface area (Å²) in [5.74, 6) is 1.99. The highest BCUT2D eigenvalue weighted by atomic mass is 14.9. The predicted octanol–water partition coefficient (Wildman–Crippen LogP) is 2.81. The lowest BCUT2D eigenvalue weighted by atomic mass is 10.1. The van der Waals surface area contributed by atoms with Crippen LogP contribution in [0.15, 0.2) is 0 Å². The Morgan fingerprint density at radius 3 is 2.50 bits per heavy atom. The van der Waals surface area contributed by atoms with Gasteiger partial charge in [-0.2, -0.15) is 0 Å². The van der Waals surface area contributed by atoms with Crippen LogP contribution in [-0.4, -0.2) is 12.6 Å². The lowest BCUT2D eigenvalue weighted by Crippen LogP contribution is -2.30. The second-order valence-electron chi connectivity index (χ2n) is 4.28. The van der Waals surface area contributed by atoms with Gasteiger partial charge in [-0.3, -0.25) is 0 Å². The zero-order valence-electron chi connectivity index (χ0n) is 8.77. The molecule has 72 valence electrons. The molecule has 0 bridgehead atoms. The van der Waals surface area contributed by atoms with Gasteiger partial charge in [-0.25, -0.2) is 0 Å². The van der Waals surface area contributed by atoms with E-state index in [1.807, 2.05) is 0 Å². The van der Waals surface area contributed by atoms with Crippen molar-refractivity contribution in [3.8, 4) is 0 Å². The van der Waals surface area contributed by atoms with Gasteiger partial charge in [-0.1, -0.05) is 27.2 Å². The molecule has 1 fully saturated rings. The summed E-state index contributed by atoms with van der Waals surface area (Å²) >= 11 is 0. The third-order valence-corrected chi connectivity index (χ3v) is 3.07. The molecule has 0 aromatic heterocycles. The fraction of sp³-hybridized carbons (Fsp3) is 1.00. The smallest absolute Gasteiger partial charge is 0.00644 e. The van der Waals surface area contributed by atoms with Crippen molar-refractivity contribution >= 4 is 0 Å². The van der Waals surface area contributed by atoms with E-state index < -0.39 is 0 Å². The van der Waals surface area contributed by atoms with Crippen LogP contribution >= 0.6 is 0 Å². The van der Waals surface area contributed by atoms with Crippen LogP contribution < -0.4 is 5.32 Å². The van der Waals surface area contributed by atoms with E-state index in [9.17, 15) is 0 Å². The second-order valence-corrected chi connectivity index (χ2v) is 4.28. The highest BCUT2D eigenvalue weighted by Crippen LogP contribution is 2.36. The molecule has 1 aliphatic rings. The molecule has 0 spiro atoms. The van der Waals surface area contributed by atoms with Crippen molar-refractivity contribution in [3.63, 3.8) is 0 Å². The highest BCUT2D eigenvalue weighted by Gasteiger charge is 2.32. The van der Waals surface area contributed by atoms with Crippen molar-refractivity contribution in [2.75, 3.05) is 6.54 Å². The Morgan fingerprint density at radius 1 is 1.42 bits per heavy atom. The molecular formula is C11H23N. The topological polar surface area (TPSA) is 12.0 Å². The average Bonchev–Trinajstić information content (AvgIpc) is 2.76. The van der Waals surface area contributed by atoms with Crippen LogP contribution in [0.1, 0.15) is 46.5 Å². The van der Waals surface area contributed by atoms with Crippen LogP contribution in [0.2, 0.25) is 0 Å². The van der Waals surface area contributed by atoms with Crippen molar-refractivity contribution < 1.29 is 0 Å². The highest BCUT2D eigenvalue weighted by molar-refractivity contribution is 4.85. The lowest BCUT2D eigenvalue weighted by Gasteiger charge is -2.15. The fourth-order valence-corrected chi connectivity index (χ4v) is 1.80. The molecule has 1 heteroatoms. The Kier molecular flexibility index (Phi) is 4.07. The molecule has 0 aliphatic heterocycles. The molecule has 1 saturated carbocycles. The summed E-state index contributed by atoms with van der Waals surface area (Å²) < 4.78 is 0. The van der Waals surface area contributed by atoms with Gasteiger partial charge in [0.1, 0.15) is 0 Å². The summed E-state index contributed by atoms with van der Waals surface area (Å²) in [5.41, 5.74) is 0. The van der Waals surface area contributed by atoms with E-state index in [2.05, 4.69) is 26.1 Å². The van der Waals surface area contributed by atoms with Crippen LogP contribution in [0, 0.1) is 11.8 Å². The normalized spacial score (nSPS) is 30.2. The minimum atomic E-state index is 0.780. The molecule has 0 aromatic rings. The largest absolute Gasteiger partial charge is 0.314 e. The van der Waals surface area contributed by atoms with Crippen LogP contribution in [0.25, 0.3) is 0 Å². The van der Waals surface area contributed by atoms with Crippen molar-refractivity contribution in [2.24, 2.45) is 11.8 Å². The molecule has 1 nitrogen and oxygen atoms in total. The lowest BCUT2D eigenvalue weighted by molar-refractivity contribution is 0.448. The quantitative estimate of drug-likeness (QED) is 0.644. The van der Waals surface area contributed by atoms with Crippen LogP contribution in [0.3, 0.4) is 0 Å². The Hall–Kier alpha value is -0.0400. The number of rotatable bonds is 6. The first kappa shape index (κ1) is 10.0. The van der Waals surface area contributed by atoms with Crippen molar-refractivity contribution in [3.05, 3.63) is 0 Å². The molecular weight excluding hydrogens is 146 g/mol. The molecule has 0 saturated heterocycles. The van der Waals surface area contributed by atoms with Gasteiger partial charge >= 0.3 is 0 Å². The van der Waals surface area contributed by atoms with E-state index in [1.54, 1.807) is 0 Å². The van der Waals surface area contributed by atoms with Crippen LogP contribution in [-0.2, 0) is 0 Å². The standard InChI is InChI=1S/C11H23N/c1-4-6-11(5-2)12-8-10-7-9(10)3/h9-12H,4-8H2,1-3H3. The maximum absolute atomic E-state index is 3.66. The van der Waals surface area contributed by atoms with Crippen LogP contribution in [0.5, 0.6) is 0 Å². The zero-order valence-corrected chi connectivity index (χ0v) is 8.77. The third-order valence-electron chi connectivity index (χ3n) is 3.07. The number of hydrogen-bond acceptors (Lipinski definition) is 1. The Bertz CT molecular complexity index is 122. The van der Waals surface area contributed by atoms with Gasteiger partial charge in [-0.05, 0) is 37.6 Å².